The lowest BCUT2D eigenvalue weighted by Crippen LogP contribution is -2.00. The van der Waals surface area contributed by atoms with Gasteiger partial charge in [0.15, 0.2) is 0 Å². The minimum Gasteiger partial charge on any atom is -0.478 e. The van der Waals surface area contributed by atoms with Gasteiger partial charge in [-0.15, -0.1) is 0 Å². The average Bonchev–Trinajstić information content (AvgIpc) is 2.61. The molecule has 3 heteroatoms. The number of hydrogen-bond acceptors (Lipinski definition) is 1. The molecule has 0 radical (unpaired) electrons. The number of carbonyl (C=O) groups is 1. The smallest absolute Gasteiger partial charge is 0.338 e. The van der Waals surface area contributed by atoms with Gasteiger partial charge in [0.05, 0.1) is 5.56 Å². The van der Waals surface area contributed by atoms with E-state index in [0.29, 0.717) is 17.4 Å². The number of aromatic carboxylic acids is 1. The Bertz CT molecular complexity index is 636. The number of carboxylic acids is 1. The van der Waals surface area contributed by atoms with Crippen molar-refractivity contribution in [2.24, 2.45) is 0 Å². The third-order valence-corrected chi connectivity index (χ3v) is 3.65. The van der Waals surface area contributed by atoms with Gasteiger partial charge in [-0.3, -0.25) is 0 Å². The van der Waals surface area contributed by atoms with Gasteiger partial charge >= 0.3 is 5.97 Å². The maximum Gasteiger partial charge on any atom is 0.338 e. The van der Waals surface area contributed by atoms with Crippen LogP contribution in [-0.4, -0.2) is 16.1 Å². The summed E-state index contributed by atoms with van der Waals surface area (Å²) in [4.78, 5) is 14.6. The fraction of sp³-hybridized carbons (Fsp3) is 0.438. The highest BCUT2D eigenvalue weighted by Gasteiger charge is 2.19. The van der Waals surface area contributed by atoms with Crippen LogP contribution in [0.15, 0.2) is 12.1 Å². The molecular formula is C16H21NO2. The molecule has 0 saturated heterocycles. The van der Waals surface area contributed by atoms with E-state index >= 15 is 0 Å². The SMILES string of the molecule is Cc1[nH]c2cc(C(C)C)c(C(C)C)cc2c1C(=O)O. The Morgan fingerprint density at radius 3 is 2.11 bits per heavy atom. The number of fused-ring (bicyclic) bond motifs is 1. The average molecular weight is 259 g/mol. The molecule has 0 aliphatic rings. The third kappa shape index (κ3) is 2.25. The van der Waals surface area contributed by atoms with Gasteiger partial charge in [-0.1, -0.05) is 27.7 Å². The molecule has 1 aromatic carbocycles. The second kappa shape index (κ2) is 4.72. The lowest BCUT2D eigenvalue weighted by atomic mass is 9.89. The summed E-state index contributed by atoms with van der Waals surface area (Å²) >= 11 is 0. The van der Waals surface area contributed by atoms with Crippen LogP contribution in [0, 0.1) is 6.92 Å². The van der Waals surface area contributed by atoms with Crippen LogP contribution < -0.4 is 0 Å². The molecule has 0 spiro atoms. The summed E-state index contributed by atoms with van der Waals surface area (Å²) in [7, 11) is 0. The van der Waals surface area contributed by atoms with Crippen molar-refractivity contribution in [1.29, 1.82) is 0 Å². The van der Waals surface area contributed by atoms with E-state index in [0.717, 1.165) is 16.6 Å². The summed E-state index contributed by atoms with van der Waals surface area (Å²) in [5.74, 6) is -0.0481. The Morgan fingerprint density at radius 2 is 1.63 bits per heavy atom. The van der Waals surface area contributed by atoms with E-state index in [4.69, 9.17) is 0 Å². The summed E-state index contributed by atoms with van der Waals surface area (Å²) in [5.41, 5.74) is 4.57. The summed E-state index contributed by atoms with van der Waals surface area (Å²) in [6.07, 6.45) is 0. The van der Waals surface area contributed by atoms with Crippen LogP contribution in [0.25, 0.3) is 10.9 Å². The van der Waals surface area contributed by atoms with Crippen molar-refractivity contribution in [3.8, 4) is 0 Å². The van der Waals surface area contributed by atoms with E-state index in [-0.39, 0.29) is 0 Å². The fourth-order valence-corrected chi connectivity index (χ4v) is 2.69. The molecule has 2 aromatic rings. The molecule has 0 atom stereocenters. The molecule has 2 N–H and O–H groups in total. The van der Waals surface area contributed by atoms with Crippen molar-refractivity contribution in [2.45, 2.75) is 46.5 Å². The van der Waals surface area contributed by atoms with Crippen molar-refractivity contribution in [1.82, 2.24) is 4.98 Å². The van der Waals surface area contributed by atoms with Crippen molar-refractivity contribution in [3.05, 3.63) is 34.5 Å². The normalized spacial score (nSPS) is 11.7. The zero-order valence-electron chi connectivity index (χ0n) is 12.2. The lowest BCUT2D eigenvalue weighted by molar-refractivity contribution is 0.0698. The number of aromatic amines is 1. The Kier molecular flexibility index (Phi) is 3.40. The number of H-pyrrole nitrogens is 1. The van der Waals surface area contributed by atoms with Gasteiger partial charge in [-0.05, 0) is 42.0 Å². The first kappa shape index (κ1) is 13.7. The Balaban J connectivity index is 2.82. The highest BCUT2D eigenvalue weighted by molar-refractivity contribution is 6.05. The number of aromatic nitrogens is 1. The van der Waals surface area contributed by atoms with Gasteiger partial charge in [0.25, 0.3) is 0 Å². The van der Waals surface area contributed by atoms with Crippen LogP contribution in [0.1, 0.15) is 66.7 Å². The van der Waals surface area contributed by atoms with E-state index in [1.165, 1.54) is 11.1 Å². The van der Waals surface area contributed by atoms with Crippen molar-refractivity contribution in [2.75, 3.05) is 0 Å². The second-order valence-corrected chi connectivity index (χ2v) is 5.77. The molecule has 1 heterocycles. The highest BCUT2D eigenvalue weighted by Crippen LogP contribution is 2.32. The zero-order chi connectivity index (χ0) is 14.3. The minimum atomic E-state index is -0.865. The van der Waals surface area contributed by atoms with Crippen LogP contribution >= 0.6 is 0 Å². The Morgan fingerprint density at radius 1 is 1.11 bits per heavy atom. The highest BCUT2D eigenvalue weighted by atomic mass is 16.4. The number of nitrogens with one attached hydrogen (secondary N) is 1. The first-order valence-electron chi connectivity index (χ1n) is 6.72. The molecule has 0 amide bonds. The largest absolute Gasteiger partial charge is 0.478 e. The van der Waals surface area contributed by atoms with Crippen LogP contribution in [0.3, 0.4) is 0 Å². The third-order valence-electron chi connectivity index (χ3n) is 3.65. The zero-order valence-corrected chi connectivity index (χ0v) is 12.2. The fourth-order valence-electron chi connectivity index (χ4n) is 2.69. The summed E-state index contributed by atoms with van der Waals surface area (Å²) in [5, 5.41) is 10.2. The molecule has 0 unspecified atom stereocenters. The molecule has 2 rings (SSSR count). The lowest BCUT2D eigenvalue weighted by Gasteiger charge is -2.16. The molecule has 102 valence electrons. The van der Waals surface area contributed by atoms with Crippen LogP contribution in [0.4, 0.5) is 0 Å². The Labute approximate surface area is 113 Å². The van der Waals surface area contributed by atoms with Crippen molar-refractivity contribution in [3.63, 3.8) is 0 Å². The summed E-state index contributed by atoms with van der Waals surface area (Å²) in [6.45, 7) is 10.4. The van der Waals surface area contributed by atoms with E-state index in [1.807, 2.05) is 13.0 Å². The van der Waals surface area contributed by atoms with E-state index < -0.39 is 5.97 Å². The minimum absolute atomic E-state index is 0.388. The molecule has 0 bridgehead atoms. The molecule has 1 aromatic heterocycles. The summed E-state index contributed by atoms with van der Waals surface area (Å²) in [6, 6.07) is 4.15. The molecule has 0 fully saturated rings. The van der Waals surface area contributed by atoms with E-state index in [1.54, 1.807) is 0 Å². The maximum atomic E-state index is 11.4. The monoisotopic (exact) mass is 259 g/mol. The van der Waals surface area contributed by atoms with Gasteiger partial charge < -0.3 is 10.1 Å². The molecular weight excluding hydrogens is 238 g/mol. The topological polar surface area (TPSA) is 53.1 Å². The first-order chi connectivity index (χ1) is 8.82. The number of rotatable bonds is 3. The second-order valence-electron chi connectivity index (χ2n) is 5.77. The van der Waals surface area contributed by atoms with Gasteiger partial charge in [0.2, 0.25) is 0 Å². The Hall–Kier alpha value is -1.77. The molecule has 0 aliphatic heterocycles. The van der Waals surface area contributed by atoms with E-state index in [2.05, 4.69) is 38.7 Å². The van der Waals surface area contributed by atoms with Crippen LogP contribution in [0.5, 0.6) is 0 Å². The number of benzene rings is 1. The van der Waals surface area contributed by atoms with Crippen LogP contribution in [0.2, 0.25) is 0 Å². The van der Waals surface area contributed by atoms with Crippen molar-refractivity contribution < 1.29 is 9.90 Å². The molecule has 3 nitrogen and oxygen atoms in total. The van der Waals surface area contributed by atoms with Gasteiger partial charge in [0, 0.05) is 16.6 Å². The molecule has 19 heavy (non-hydrogen) atoms. The number of carboxylic acid groups (broad SMARTS) is 1. The number of hydrogen-bond donors (Lipinski definition) is 2. The molecule has 0 saturated carbocycles. The predicted octanol–water partition coefficient (Wildman–Crippen LogP) is 4.42. The predicted molar refractivity (Wildman–Crippen MR) is 78.2 cm³/mol. The van der Waals surface area contributed by atoms with Gasteiger partial charge in [-0.25, -0.2) is 4.79 Å². The maximum absolute atomic E-state index is 11.4. The standard InChI is InChI=1S/C16H21NO2/c1-8(2)11-6-13-14(7-12(11)9(3)4)17-10(5)15(13)16(18)19/h6-9,17H,1-5H3,(H,18,19). The molecule has 0 aliphatic carbocycles. The van der Waals surface area contributed by atoms with Crippen LogP contribution in [-0.2, 0) is 0 Å². The first-order valence-corrected chi connectivity index (χ1v) is 6.72. The quantitative estimate of drug-likeness (QED) is 0.857. The van der Waals surface area contributed by atoms with Gasteiger partial charge in [0.1, 0.15) is 0 Å². The van der Waals surface area contributed by atoms with Crippen molar-refractivity contribution >= 4 is 16.9 Å². The summed E-state index contributed by atoms with van der Waals surface area (Å²) < 4.78 is 0. The van der Waals surface area contributed by atoms with Gasteiger partial charge in [-0.2, -0.15) is 0 Å². The van der Waals surface area contributed by atoms with E-state index in [9.17, 15) is 9.90 Å². The number of aryl methyl sites for hydroxylation is 1.